The highest BCUT2D eigenvalue weighted by Gasteiger charge is 2.28. The molecule has 20 heavy (non-hydrogen) atoms. The topological polar surface area (TPSA) is 36.4 Å². The minimum absolute atomic E-state index is 0.0569. The van der Waals surface area contributed by atoms with Gasteiger partial charge in [0.1, 0.15) is 0 Å². The fourth-order valence-corrected chi connectivity index (χ4v) is 3.51. The highest BCUT2D eigenvalue weighted by Crippen LogP contribution is 2.28. The van der Waals surface area contributed by atoms with Gasteiger partial charge in [-0.15, -0.1) is 0 Å². The standard InChI is InChI=1S/C17H26N2O/c1-12(2)16-8-3-13-11-19(10-9-17(13)18-16)14-4-6-15(20)7-5-14/h3,8,12,14-15,20H,4-7,9-11H2,1-2H3/t14-,15-. The van der Waals surface area contributed by atoms with Crippen LogP contribution >= 0.6 is 0 Å². The number of hydrogen-bond donors (Lipinski definition) is 1. The van der Waals surface area contributed by atoms with Gasteiger partial charge in [0.05, 0.1) is 6.10 Å². The van der Waals surface area contributed by atoms with Crippen molar-refractivity contribution < 1.29 is 5.11 Å². The van der Waals surface area contributed by atoms with Crippen LogP contribution < -0.4 is 0 Å². The molecule has 0 amide bonds. The molecule has 1 fully saturated rings. The van der Waals surface area contributed by atoms with E-state index in [1.807, 2.05) is 0 Å². The lowest BCUT2D eigenvalue weighted by atomic mass is 9.90. The second-order valence-electron chi connectivity index (χ2n) is 6.68. The van der Waals surface area contributed by atoms with E-state index in [1.54, 1.807) is 0 Å². The van der Waals surface area contributed by atoms with E-state index in [4.69, 9.17) is 4.98 Å². The van der Waals surface area contributed by atoms with Gasteiger partial charge in [-0.1, -0.05) is 19.9 Å². The van der Waals surface area contributed by atoms with Crippen molar-refractivity contribution in [3.05, 3.63) is 29.1 Å². The summed E-state index contributed by atoms with van der Waals surface area (Å²) in [7, 11) is 0. The van der Waals surface area contributed by atoms with Crippen molar-refractivity contribution in [1.82, 2.24) is 9.88 Å². The van der Waals surface area contributed by atoms with Gasteiger partial charge in [0.15, 0.2) is 0 Å². The van der Waals surface area contributed by atoms with Gasteiger partial charge in [0.25, 0.3) is 0 Å². The zero-order valence-electron chi connectivity index (χ0n) is 12.7. The van der Waals surface area contributed by atoms with E-state index in [0.717, 1.165) is 45.2 Å². The highest BCUT2D eigenvalue weighted by molar-refractivity contribution is 5.26. The number of fused-ring (bicyclic) bond motifs is 1. The molecule has 1 aromatic rings. The zero-order valence-corrected chi connectivity index (χ0v) is 12.7. The van der Waals surface area contributed by atoms with Gasteiger partial charge in [-0.05, 0) is 43.2 Å². The van der Waals surface area contributed by atoms with Crippen LogP contribution in [-0.4, -0.2) is 33.7 Å². The quantitative estimate of drug-likeness (QED) is 0.901. The molecule has 0 spiro atoms. The maximum atomic E-state index is 9.64. The number of pyridine rings is 1. The van der Waals surface area contributed by atoms with Gasteiger partial charge in [0, 0.05) is 36.9 Å². The molecule has 0 saturated heterocycles. The molecule has 110 valence electrons. The molecule has 1 N–H and O–H groups in total. The predicted molar refractivity (Wildman–Crippen MR) is 80.7 cm³/mol. The SMILES string of the molecule is CC(C)c1ccc2c(n1)CCN([C@H]1CC[C@H](O)CC1)C2. The van der Waals surface area contributed by atoms with Crippen molar-refractivity contribution in [2.45, 2.75) is 70.6 Å². The van der Waals surface area contributed by atoms with E-state index in [0.29, 0.717) is 12.0 Å². The summed E-state index contributed by atoms with van der Waals surface area (Å²) in [4.78, 5) is 7.44. The van der Waals surface area contributed by atoms with Gasteiger partial charge in [-0.2, -0.15) is 0 Å². The highest BCUT2D eigenvalue weighted by atomic mass is 16.3. The van der Waals surface area contributed by atoms with Crippen molar-refractivity contribution in [3.63, 3.8) is 0 Å². The Labute approximate surface area is 122 Å². The Bertz CT molecular complexity index is 464. The van der Waals surface area contributed by atoms with Crippen LogP contribution in [0.15, 0.2) is 12.1 Å². The van der Waals surface area contributed by atoms with Gasteiger partial charge in [0.2, 0.25) is 0 Å². The van der Waals surface area contributed by atoms with E-state index < -0.39 is 0 Å². The van der Waals surface area contributed by atoms with Crippen molar-refractivity contribution in [2.24, 2.45) is 0 Å². The third kappa shape index (κ3) is 2.89. The molecule has 1 aliphatic carbocycles. The number of nitrogens with zero attached hydrogens (tertiary/aromatic N) is 2. The van der Waals surface area contributed by atoms with Crippen LogP contribution in [0.4, 0.5) is 0 Å². The summed E-state index contributed by atoms with van der Waals surface area (Å²) in [5.41, 5.74) is 3.94. The maximum absolute atomic E-state index is 9.64. The van der Waals surface area contributed by atoms with Gasteiger partial charge in [-0.3, -0.25) is 9.88 Å². The Morgan fingerprint density at radius 3 is 2.65 bits per heavy atom. The van der Waals surface area contributed by atoms with Crippen LogP contribution in [0.5, 0.6) is 0 Å². The number of hydrogen-bond acceptors (Lipinski definition) is 3. The number of rotatable bonds is 2. The van der Waals surface area contributed by atoms with Crippen LogP contribution in [0.2, 0.25) is 0 Å². The molecule has 0 aromatic carbocycles. The van der Waals surface area contributed by atoms with E-state index in [1.165, 1.54) is 17.0 Å². The maximum Gasteiger partial charge on any atom is 0.0541 e. The zero-order chi connectivity index (χ0) is 14.1. The lowest BCUT2D eigenvalue weighted by Crippen LogP contribution is -2.42. The molecular formula is C17H26N2O. The molecule has 1 saturated carbocycles. The molecule has 0 atom stereocenters. The van der Waals surface area contributed by atoms with Crippen LogP contribution in [0, 0.1) is 0 Å². The lowest BCUT2D eigenvalue weighted by Gasteiger charge is -2.38. The summed E-state index contributed by atoms with van der Waals surface area (Å²) in [6, 6.07) is 5.13. The molecule has 0 radical (unpaired) electrons. The Balaban J connectivity index is 1.69. The molecule has 1 aliphatic heterocycles. The largest absolute Gasteiger partial charge is 0.393 e. The minimum Gasteiger partial charge on any atom is -0.393 e. The van der Waals surface area contributed by atoms with Gasteiger partial charge >= 0.3 is 0 Å². The molecule has 0 unspecified atom stereocenters. The van der Waals surface area contributed by atoms with Crippen LogP contribution in [-0.2, 0) is 13.0 Å². The van der Waals surface area contributed by atoms with Crippen molar-refractivity contribution in [2.75, 3.05) is 6.54 Å². The molecule has 3 rings (SSSR count). The van der Waals surface area contributed by atoms with E-state index >= 15 is 0 Å². The molecule has 3 heteroatoms. The minimum atomic E-state index is -0.0569. The number of aliphatic hydroxyl groups is 1. The Morgan fingerprint density at radius 2 is 1.95 bits per heavy atom. The van der Waals surface area contributed by atoms with Gasteiger partial charge in [-0.25, -0.2) is 0 Å². The summed E-state index contributed by atoms with van der Waals surface area (Å²) in [5, 5.41) is 9.64. The lowest BCUT2D eigenvalue weighted by molar-refractivity contribution is 0.0674. The van der Waals surface area contributed by atoms with Crippen molar-refractivity contribution >= 4 is 0 Å². The average Bonchev–Trinajstić information content (AvgIpc) is 2.47. The monoisotopic (exact) mass is 274 g/mol. The van der Waals surface area contributed by atoms with Crippen molar-refractivity contribution in [1.29, 1.82) is 0 Å². The van der Waals surface area contributed by atoms with Crippen LogP contribution in [0.25, 0.3) is 0 Å². The smallest absolute Gasteiger partial charge is 0.0541 e. The third-order valence-corrected chi connectivity index (χ3v) is 4.87. The Morgan fingerprint density at radius 1 is 1.20 bits per heavy atom. The molecule has 1 aromatic heterocycles. The second kappa shape index (κ2) is 5.82. The molecule has 3 nitrogen and oxygen atoms in total. The second-order valence-corrected chi connectivity index (χ2v) is 6.68. The first-order chi connectivity index (χ1) is 9.63. The van der Waals surface area contributed by atoms with Crippen LogP contribution in [0.1, 0.15) is 62.4 Å². The first kappa shape index (κ1) is 14.0. The van der Waals surface area contributed by atoms with Crippen molar-refractivity contribution in [3.8, 4) is 0 Å². The molecule has 2 heterocycles. The fourth-order valence-electron chi connectivity index (χ4n) is 3.51. The molecule has 0 bridgehead atoms. The van der Waals surface area contributed by atoms with Gasteiger partial charge < -0.3 is 5.11 Å². The normalized spacial score (nSPS) is 27.6. The first-order valence-corrected chi connectivity index (χ1v) is 8.04. The van der Waals surface area contributed by atoms with E-state index in [-0.39, 0.29) is 6.10 Å². The fraction of sp³-hybridized carbons (Fsp3) is 0.706. The Kier molecular flexibility index (Phi) is 4.08. The van der Waals surface area contributed by atoms with E-state index in [2.05, 4.69) is 30.9 Å². The summed E-state index contributed by atoms with van der Waals surface area (Å²) in [6.07, 6.45) is 5.26. The summed E-state index contributed by atoms with van der Waals surface area (Å²) in [5.74, 6) is 0.512. The number of aromatic nitrogens is 1. The molecular weight excluding hydrogens is 248 g/mol. The molecule has 2 aliphatic rings. The summed E-state index contributed by atoms with van der Waals surface area (Å²) >= 11 is 0. The van der Waals surface area contributed by atoms with E-state index in [9.17, 15) is 5.11 Å². The Hall–Kier alpha value is -0.930. The third-order valence-electron chi connectivity index (χ3n) is 4.87. The summed E-state index contributed by atoms with van der Waals surface area (Å²) < 4.78 is 0. The predicted octanol–water partition coefficient (Wildman–Crippen LogP) is 2.87. The summed E-state index contributed by atoms with van der Waals surface area (Å²) in [6.45, 7) is 6.58. The first-order valence-electron chi connectivity index (χ1n) is 8.04. The average molecular weight is 274 g/mol. The number of aliphatic hydroxyl groups excluding tert-OH is 1. The van der Waals surface area contributed by atoms with Crippen LogP contribution in [0.3, 0.4) is 0 Å².